The lowest BCUT2D eigenvalue weighted by molar-refractivity contribution is -0.137. The Kier molecular flexibility index (Phi) is 3.47. The van der Waals surface area contributed by atoms with E-state index in [9.17, 15) is 4.79 Å². The van der Waals surface area contributed by atoms with Gasteiger partial charge in [-0.05, 0) is 41.6 Å². The summed E-state index contributed by atoms with van der Waals surface area (Å²) in [5, 5.41) is 11.4. The molecule has 1 rings (SSSR count). The van der Waals surface area contributed by atoms with E-state index >= 15 is 0 Å². The van der Waals surface area contributed by atoms with Gasteiger partial charge in [0.2, 0.25) is 0 Å². The van der Waals surface area contributed by atoms with Crippen LogP contribution in [-0.4, -0.2) is 22.1 Å². The van der Waals surface area contributed by atoms with Gasteiger partial charge in [0.1, 0.15) is 11.9 Å². The second-order valence-corrected chi connectivity index (χ2v) is 3.81. The van der Waals surface area contributed by atoms with Gasteiger partial charge in [0, 0.05) is 9.77 Å². The lowest BCUT2D eigenvalue weighted by atomic mass is 10.3. The number of anilines is 1. The number of carboxylic acids is 1. The zero-order chi connectivity index (χ0) is 9.84. The number of carboxylic acid groups (broad SMARTS) is 1. The molecule has 5 heteroatoms. The summed E-state index contributed by atoms with van der Waals surface area (Å²) in [5.74, 6) is -0.310. The quantitative estimate of drug-likeness (QED) is 0.830. The number of pyridine rings is 1. The molecule has 0 saturated heterocycles. The van der Waals surface area contributed by atoms with Crippen LogP contribution in [0.3, 0.4) is 0 Å². The molecule has 0 unspecified atom stereocenters. The van der Waals surface area contributed by atoms with Gasteiger partial charge in [-0.25, -0.2) is 4.98 Å². The van der Waals surface area contributed by atoms with Gasteiger partial charge in [-0.15, -0.1) is 0 Å². The average Bonchev–Trinajstić information content (AvgIpc) is 2.08. The van der Waals surface area contributed by atoms with Gasteiger partial charge in [0.05, 0.1) is 0 Å². The third-order valence-corrected chi connectivity index (χ3v) is 2.10. The SMILES string of the molecule is C[C@@H](Nc1ccc(I)cn1)C(=O)O. The number of rotatable bonds is 3. The first-order valence-electron chi connectivity index (χ1n) is 3.70. The number of halogens is 1. The molecular formula is C8H9IN2O2. The molecular weight excluding hydrogens is 283 g/mol. The molecule has 0 aliphatic rings. The Morgan fingerprint density at radius 2 is 2.38 bits per heavy atom. The van der Waals surface area contributed by atoms with Gasteiger partial charge >= 0.3 is 5.97 Å². The van der Waals surface area contributed by atoms with Crippen LogP contribution in [0.25, 0.3) is 0 Å². The van der Waals surface area contributed by atoms with Crippen LogP contribution >= 0.6 is 22.6 Å². The van der Waals surface area contributed by atoms with E-state index in [2.05, 4.69) is 32.9 Å². The maximum atomic E-state index is 10.5. The van der Waals surface area contributed by atoms with Gasteiger partial charge in [-0.3, -0.25) is 4.79 Å². The third kappa shape index (κ3) is 3.17. The monoisotopic (exact) mass is 292 g/mol. The van der Waals surface area contributed by atoms with Crippen molar-refractivity contribution >= 4 is 34.4 Å². The highest BCUT2D eigenvalue weighted by atomic mass is 127. The molecule has 0 amide bonds. The summed E-state index contributed by atoms with van der Waals surface area (Å²) < 4.78 is 1.02. The second kappa shape index (κ2) is 4.40. The van der Waals surface area contributed by atoms with Crippen molar-refractivity contribution in [2.75, 3.05) is 5.32 Å². The van der Waals surface area contributed by atoms with Crippen LogP contribution < -0.4 is 5.32 Å². The maximum Gasteiger partial charge on any atom is 0.325 e. The van der Waals surface area contributed by atoms with Gasteiger partial charge in [-0.1, -0.05) is 0 Å². The van der Waals surface area contributed by atoms with E-state index in [0.29, 0.717) is 5.82 Å². The number of carbonyl (C=O) groups is 1. The van der Waals surface area contributed by atoms with E-state index in [0.717, 1.165) is 3.57 Å². The standard InChI is InChI=1S/C8H9IN2O2/c1-5(8(12)13)11-7-3-2-6(9)4-10-7/h2-5H,1H3,(H,10,11)(H,12,13)/t5-/m1/s1. The number of hydrogen-bond acceptors (Lipinski definition) is 3. The van der Waals surface area contributed by atoms with E-state index < -0.39 is 12.0 Å². The lowest BCUT2D eigenvalue weighted by Gasteiger charge is -2.08. The molecule has 4 nitrogen and oxygen atoms in total. The van der Waals surface area contributed by atoms with Crippen LogP contribution in [-0.2, 0) is 4.79 Å². The largest absolute Gasteiger partial charge is 0.480 e. The molecule has 0 fully saturated rings. The fourth-order valence-corrected chi connectivity index (χ4v) is 1.06. The van der Waals surface area contributed by atoms with Crippen LogP contribution in [0.5, 0.6) is 0 Å². The molecule has 0 aromatic carbocycles. The highest BCUT2D eigenvalue weighted by Crippen LogP contribution is 2.07. The van der Waals surface area contributed by atoms with Crippen molar-refractivity contribution in [3.63, 3.8) is 0 Å². The Morgan fingerprint density at radius 1 is 1.69 bits per heavy atom. The predicted molar refractivity (Wildman–Crippen MR) is 57.7 cm³/mol. The van der Waals surface area contributed by atoms with Gasteiger partial charge in [-0.2, -0.15) is 0 Å². The van der Waals surface area contributed by atoms with Crippen LogP contribution in [0.1, 0.15) is 6.92 Å². The van der Waals surface area contributed by atoms with Crippen molar-refractivity contribution in [3.05, 3.63) is 21.9 Å². The minimum Gasteiger partial charge on any atom is -0.480 e. The molecule has 13 heavy (non-hydrogen) atoms. The van der Waals surface area contributed by atoms with Crippen molar-refractivity contribution in [2.45, 2.75) is 13.0 Å². The fourth-order valence-electron chi connectivity index (χ4n) is 0.745. The van der Waals surface area contributed by atoms with E-state index in [1.165, 1.54) is 0 Å². The highest BCUT2D eigenvalue weighted by molar-refractivity contribution is 14.1. The minimum absolute atomic E-state index is 0.579. The molecule has 0 radical (unpaired) electrons. The third-order valence-electron chi connectivity index (χ3n) is 1.46. The summed E-state index contributed by atoms with van der Waals surface area (Å²) in [6, 6.07) is 3.00. The number of aliphatic carboxylic acids is 1. The van der Waals surface area contributed by atoms with Crippen molar-refractivity contribution in [1.82, 2.24) is 4.98 Å². The summed E-state index contributed by atoms with van der Waals surface area (Å²) in [4.78, 5) is 14.5. The molecule has 0 bridgehead atoms. The topological polar surface area (TPSA) is 62.2 Å². The molecule has 0 saturated carbocycles. The van der Waals surface area contributed by atoms with Crippen LogP contribution in [0, 0.1) is 3.57 Å². The van der Waals surface area contributed by atoms with Gasteiger partial charge in [0.25, 0.3) is 0 Å². The Labute approximate surface area is 89.5 Å². The van der Waals surface area contributed by atoms with Gasteiger partial charge in [0.15, 0.2) is 0 Å². The Bertz CT molecular complexity index is 300. The fraction of sp³-hybridized carbons (Fsp3) is 0.250. The van der Waals surface area contributed by atoms with Crippen molar-refractivity contribution in [3.8, 4) is 0 Å². The average molecular weight is 292 g/mol. The summed E-state index contributed by atoms with van der Waals surface area (Å²) in [6.45, 7) is 1.57. The zero-order valence-corrected chi connectivity index (χ0v) is 9.15. The molecule has 0 aliphatic carbocycles. The summed E-state index contributed by atoms with van der Waals surface area (Å²) in [7, 11) is 0. The van der Waals surface area contributed by atoms with Crippen molar-refractivity contribution in [1.29, 1.82) is 0 Å². The van der Waals surface area contributed by atoms with Crippen LogP contribution in [0.15, 0.2) is 18.3 Å². The number of nitrogens with zero attached hydrogens (tertiary/aromatic N) is 1. The molecule has 1 aromatic rings. The number of nitrogens with one attached hydrogen (secondary N) is 1. The summed E-state index contributed by atoms with van der Waals surface area (Å²) in [6.07, 6.45) is 1.68. The summed E-state index contributed by atoms with van der Waals surface area (Å²) in [5.41, 5.74) is 0. The maximum absolute atomic E-state index is 10.5. The Hall–Kier alpha value is -0.850. The molecule has 1 aromatic heterocycles. The first kappa shape index (κ1) is 10.2. The van der Waals surface area contributed by atoms with Crippen LogP contribution in [0.2, 0.25) is 0 Å². The molecule has 0 aliphatic heterocycles. The molecule has 1 atom stereocenters. The zero-order valence-electron chi connectivity index (χ0n) is 6.99. The number of aromatic nitrogens is 1. The van der Waals surface area contributed by atoms with E-state index in [1.807, 2.05) is 6.07 Å². The Balaban J connectivity index is 2.64. The normalized spacial score (nSPS) is 12.2. The summed E-state index contributed by atoms with van der Waals surface area (Å²) >= 11 is 2.14. The molecule has 0 spiro atoms. The van der Waals surface area contributed by atoms with E-state index in [-0.39, 0.29) is 0 Å². The highest BCUT2D eigenvalue weighted by Gasteiger charge is 2.09. The lowest BCUT2D eigenvalue weighted by Crippen LogP contribution is -2.25. The second-order valence-electron chi connectivity index (χ2n) is 2.57. The first-order chi connectivity index (χ1) is 6.09. The first-order valence-corrected chi connectivity index (χ1v) is 4.78. The van der Waals surface area contributed by atoms with Crippen molar-refractivity contribution in [2.24, 2.45) is 0 Å². The molecule has 2 N–H and O–H groups in total. The molecule has 1 heterocycles. The van der Waals surface area contributed by atoms with E-state index in [4.69, 9.17) is 5.11 Å². The Morgan fingerprint density at radius 3 is 2.85 bits per heavy atom. The minimum atomic E-state index is -0.889. The van der Waals surface area contributed by atoms with Crippen LogP contribution in [0.4, 0.5) is 5.82 Å². The molecule has 70 valence electrons. The van der Waals surface area contributed by atoms with Crippen molar-refractivity contribution < 1.29 is 9.90 Å². The van der Waals surface area contributed by atoms with Gasteiger partial charge < -0.3 is 10.4 Å². The van der Waals surface area contributed by atoms with E-state index in [1.54, 1.807) is 19.2 Å². The smallest absolute Gasteiger partial charge is 0.325 e. The number of hydrogen-bond donors (Lipinski definition) is 2. The predicted octanol–water partition coefficient (Wildman–Crippen LogP) is 1.57.